The molecule has 0 aliphatic rings. The topological polar surface area (TPSA) is 57.7 Å². The van der Waals surface area contributed by atoms with E-state index in [0.717, 1.165) is 18.2 Å². The maximum absolute atomic E-state index is 14.9. The molecule has 0 saturated heterocycles. The Kier molecular flexibility index (Phi) is 8.03. The molecule has 0 aliphatic heterocycles. The number of carbonyl (C=O) groups is 1. The van der Waals surface area contributed by atoms with E-state index in [1.165, 1.54) is 26.4 Å². The van der Waals surface area contributed by atoms with Crippen molar-refractivity contribution in [2.75, 3.05) is 14.2 Å². The zero-order chi connectivity index (χ0) is 26.5. The van der Waals surface area contributed by atoms with Crippen LogP contribution in [0.2, 0.25) is 0 Å². The molecular formula is C28H22F3NO4S. The molecule has 0 amide bonds. The minimum Gasteiger partial charge on any atom is -0.493 e. The lowest BCUT2D eigenvalue weighted by Crippen LogP contribution is -2.12. The number of hydrogen-bond acceptors (Lipinski definition) is 6. The van der Waals surface area contributed by atoms with Gasteiger partial charge in [-0.15, -0.1) is 0 Å². The number of hydrogen-bond donors (Lipinski definition) is 0. The van der Waals surface area contributed by atoms with Crippen molar-refractivity contribution in [2.45, 2.75) is 19.3 Å². The molecule has 0 saturated carbocycles. The minimum absolute atomic E-state index is 0.0554. The van der Waals surface area contributed by atoms with Crippen LogP contribution in [0, 0.1) is 17.5 Å². The number of thiocarbonyl (C=S) groups is 1. The Balaban J connectivity index is 1.44. The SMILES string of the molecule is COc1cc2nccc(Oc3ccc(CC(=S)CC(=O)Cc4cc(F)cc(F)c4)c(F)c3)c2cc1OC. The smallest absolute Gasteiger partial charge is 0.162 e. The molecule has 0 atom stereocenters. The fourth-order valence-electron chi connectivity index (χ4n) is 3.90. The number of nitrogens with zero attached hydrogens (tertiary/aromatic N) is 1. The summed E-state index contributed by atoms with van der Waals surface area (Å²) >= 11 is 5.28. The predicted molar refractivity (Wildman–Crippen MR) is 137 cm³/mol. The highest BCUT2D eigenvalue weighted by molar-refractivity contribution is 7.80. The van der Waals surface area contributed by atoms with Crippen molar-refractivity contribution < 1.29 is 32.2 Å². The number of aromatic nitrogens is 1. The third kappa shape index (κ3) is 6.42. The second kappa shape index (κ2) is 11.4. The van der Waals surface area contributed by atoms with Gasteiger partial charge in [0.25, 0.3) is 0 Å². The summed E-state index contributed by atoms with van der Waals surface area (Å²) in [5.41, 5.74) is 1.13. The maximum atomic E-state index is 14.9. The zero-order valence-corrected chi connectivity index (χ0v) is 20.8. The molecule has 1 heterocycles. The van der Waals surface area contributed by atoms with Crippen LogP contribution in [0.1, 0.15) is 17.5 Å². The van der Waals surface area contributed by atoms with Crippen molar-refractivity contribution in [3.8, 4) is 23.0 Å². The number of fused-ring (bicyclic) bond motifs is 1. The average Bonchev–Trinajstić information content (AvgIpc) is 2.84. The Bertz CT molecular complexity index is 1470. The van der Waals surface area contributed by atoms with Crippen molar-refractivity contribution >= 4 is 33.8 Å². The first-order valence-corrected chi connectivity index (χ1v) is 11.6. The van der Waals surface area contributed by atoms with Crippen molar-refractivity contribution in [3.05, 3.63) is 89.4 Å². The molecule has 0 bridgehead atoms. The van der Waals surface area contributed by atoms with Gasteiger partial charge >= 0.3 is 0 Å². The van der Waals surface area contributed by atoms with Crippen LogP contribution in [0.25, 0.3) is 10.9 Å². The standard InChI is InChI=1S/C28H22F3NO4S/c1-34-27-14-23-25(15-28(27)35-2)32-6-5-26(23)36-21-4-3-17(24(31)13-21)10-22(37)12-20(33)9-16-7-18(29)11-19(30)8-16/h3-8,11,13-15H,9-10,12H2,1-2H3. The first-order chi connectivity index (χ1) is 17.7. The highest BCUT2D eigenvalue weighted by Gasteiger charge is 2.15. The Labute approximate surface area is 216 Å². The van der Waals surface area contributed by atoms with Gasteiger partial charge in [0.15, 0.2) is 11.5 Å². The Morgan fingerprint density at radius 3 is 2.24 bits per heavy atom. The minimum atomic E-state index is -0.756. The van der Waals surface area contributed by atoms with Crippen LogP contribution in [0.5, 0.6) is 23.0 Å². The van der Waals surface area contributed by atoms with Crippen LogP contribution >= 0.6 is 12.2 Å². The second-order valence-corrected chi connectivity index (χ2v) is 8.85. The van der Waals surface area contributed by atoms with Gasteiger partial charge in [-0.05, 0) is 41.5 Å². The van der Waals surface area contributed by atoms with Crippen LogP contribution in [0.4, 0.5) is 13.2 Å². The summed E-state index contributed by atoms with van der Waals surface area (Å²) in [4.78, 5) is 16.9. The fraction of sp³-hybridized carbons (Fsp3) is 0.179. The summed E-state index contributed by atoms with van der Waals surface area (Å²) in [5.74, 6) is -0.634. The van der Waals surface area contributed by atoms with E-state index in [9.17, 15) is 18.0 Å². The lowest BCUT2D eigenvalue weighted by Gasteiger charge is -2.13. The molecule has 0 fully saturated rings. The molecule has 9 heteroatoms. The van der Waals surface area contributed by atoms with Gasteiger partial charge in [-0.2, -0.15) is 0 Å². The van der Waals surface area contributed by atoms with E-state index in [1.807, 2.05) is 0 Å². The Morgan fingerprint density at radius 1 is 0.865 bits per heavy atom. The van der Waals surface area contributed by atoms with Crippen LogP contribution in [-0.2, 0) is 17.6 Å². The van der Waals surface area contributed by atoms with Gasteiger partial charge in [-0.1, -0.05) is 18.3 Å². The van der Waals surface area contributed by atoms with Gasteiger partial charge in [-0.25, -0.2) is 13.2 Å². The fourth-order valence-corrected chi connectivity index (χ4v) is 4.21. The number of ketones is 1. The van der Waals surface area contributed by atoms with Gasteiger partial charge in [0, 0.05) is 53.9 Å². The van der Waals surface area contributed by atoms with E-state index in [2.05, 4.69) is 4.98 Å². The Morgan fingerprint density at radius 2 is 1.57 bits per heavy atom. The summed E-state index contributed by atoms with van der Waals surface area (Å²) in [6.45, 7) is 0. The number of Topliss-reactive ketones (excluding diaryl/α,β-unsaturated/α-hetero) is 1. The number of methoxy groups -OCH3 is 2. The molecule has 1 aromatic heterocycles. The molecule has 0 radical (unpaired) electrons. The van der Waals surface area contributed by atoms with E-state index in [0.29, 0.717) is 38.6 Å². The lowest BCUT2D eigenvalue weighted by molar-refractivity contribution is -0.117. The number of rotatable bonds is 10. The number of halogens is 3. The van der Waals surface area contributed by atoms with Gasteiger partial charge in [0.05, 0.1) is 19.7 Å². The summed E-state index contributed by atoms with van der Waals surface area (Å²) in [7, 11) is 3.05. The molecule has 3 aromatic carbocycles. The zero-order valence-electron chi connectivity index (χ0n) is 20.0. The summed E-state index contributed by atoms with van der Waals surface area (Å²) in [6.07, 6.45) is 1.35. The van der Waals surface area contributed by atoms with Crippen molar-refractivity contribution in [1.82, 2.24) is 4.98 Å². The molecule has 4 rings (SSSR count). The van der Waals surface area contributed by atoms with Crippen molar-refractivity contribution in [1.29, 1.82) is 0 Å². The summed E-state index contributed by atoms with van der Waals surface area (Å²) < 4.78 is 58.1. The first kappa shape index (κ1) is 26.1. The highest BCUT2D eigenvalue weighted by Crippen LogP contribution is 2.37. The molecule has 0 unspecified atom stereocenters. The average molecular weight is 526 g/mol. The highest BCUT2D eigenvalue weighted by atomic mass is 32.1. The lowest BCUT2D eigenvalue weighted by atomic mass is 10.0. The molecular weight excluding hydrogens is 503 g/mol. The van der Waals surface area contributed by atoms with E-state index >= 15 is 0 Å². The monoisotopic (exact) mass is 525 g/mol. The number of ether oxygens (including phenoxy) is 3. The maximum Gasteiger partial charge on any atom is 0.162 e. The molecule has 37 heavy (non-hydrogen) atoms. The third-order valence-electron chi connectivity index (χ3n) is 5.56. The quantitative estimate of drug-likeness (QED) is 0.218. The van der Waals surface area contributed by atoms with Crippen LogP contribution in [0.3, 0.4) is 0 Å². The van der Waals surface area contributed by atoms with Crippen LogP contribution < -0.4 is 14.2 Å². The number of benzene rings is 3. The van der Waals surface area contributed by atoms with Crippen molar-refractivity contribution in [2.24, 2.45) is 0 Å². The molecule has 5 nitrogen and oxygen atoms in total. The molecule has 190 valence electrons. The van der Waals surface area contributed by atoms with Crippen LogP contribution in [-0.4, -0.2) is 29.9 Å². The number of carbonyl (C=O) groups excluding carboxylic acids is 1. The summed E-state index contributed by atoms with van der Waals surface area (Å²) in [5, 5.41) is 0.655. The van der Waals surface area contributed by atoms with Crippen molar-refractivity contribution in [3.63, 3.8) is 0 Å². The number of pyridine rings is 1. The van der Waals surface area contributed by atoms with E-state index in [-0.39, 0.29) is 36.4 Å². The predicted octanol–water partition coefficient (Wildman–Crippen LogP) is 6.58. The van der Waals surface area contributed by atoms with Crippen LogP contribution in [0.15, 0.2) is 60.8 Å². The normalized spacial score (nSPS) is 10.8. The molecule has 0 spiro atoms. The van der Waals surface area contributed by atoms with Gasteiger partial charge in [0.2, 0.25) is 0 Å². The van der Waals surface area contributed by atoms with Gasteiger partial charge in [-0.3, -0.25) is 9.78 Å². The Hall–Kier alpha value is -3.98. The largest absolute Gasteiger partial charge is 0.493 e. The van der Waals surface area contributed by atoms with E-state index in [1.54, 1.807) is 30.5 Å². The molecule has 0 aliphatic carbocycles. The van der Waals surface area contributed by atoms with E-state index < -0.39 is 17.5 Å². The van der Waals surface area contributed by atoms with Gasteiger partial charge < -0.3 is 14.2 Å². The first-order valence-electron chi connectivity index (χ1n) is 11.2. The van der Waals surface area contributed by atoms with E-state index in [4.69, 9.17) is 26.4 Å². The third-order valence-corrected chi connectivity index (χ3v) is 5.85. The molecule has 0 N–H and O–H groups in total. The summed E-state index contributed by atoms with van der Waals surface area (Å²) in [6, 6.07) is 12.4. The molecule has 4 aromatic rings. The second-order valence-electron chi connectivity index (χ2n) is 8.27. The van der Waals surface area contributed by atoms with Gasteiger partial charge in [0.1, 0.15) is 34.7 Å².